The van der Waals surface area contributed by atoms with Crippen molar-refractivity contribution in [2.75, 3.05) is 23.5 Å². The van der Waals surface area contributed by atoms with E-state index < -0.39 is 0 Å². The Hall–Kier alpha value is -1.99. The third kappa shape index (κ3) is 4.65. The molecule has 2 N–H and O–H groups in total. The van der Waals surface area contributed by atoms with Gasteiger partial charge in [-0.15, -0.1) is 23.1 Å². The molecule has 2 aromatic rings. The number of thioether (sulfide) groups is 1. The number of aryl methyl sites for hydroxylation is 2. The van der Waals surface area contributed by atoms with Crippen molar-refractivity contribution in [3.8, 4) is 5.75 Å². The van der Waals surface area contributed by atoms with Crippen LogP contribution in [-0.4, -0.2) is 24.6 Å². The van der Waals surface area contributed by atoms with Crippen molar-refractivity contribution in [3.05, 3.63) is 40.3 Å². The van der Waals surface area contributed by atoms with Crippen LogP contribution >= 0.6 is 23.1 Å². The van der Waals surface area contributed by atoms with E-state index in [0.717, 1.165) is 29.2 Å². The van der Waals surface area contributed by atoms with Crippen molar-refractivity contribution in [2.24, 2.45) is 4.99 Å². The first-order valence-electron chi connectivity index (χ1n) is 9.06. The van der Waals surface area contributed by atoms with Crippen LogP contribution in [0.15, 0.2) is 29.3 Å². The maximum atomic E-state index is 12.5. The summed E-state index contributed by atoms with van der Waals surface area (Å²) >= 11 is 3.33. The van der Waals surface area contributed by atoms with Gasteiger partial charge in [0, 0.05) is 16.9 Å². The molecule has 1 aromatic heterocycles. The van der Waals surface area contributed by atoms with Crippen LogP contribution in [0.5, 0.6) is 5.75 Å². The maximum Gasteiger partial charge on any atom is 0.234 e. The Balaban J connectivity index is 1.69. The highest BCUT2D eigenvalue weighted by atomic mass is 32.2. The molecule has 0 aliphatic carbocycles. The van der Waals surface area contributed by atoms with Crippen molar-refractivity contribution < 1.29 is 9.53 Å². The molecule has 0 radical (unpaired) electrons. The van der Waals surface area contributed by atoms with Crippen LogP contribution in [0.3, 0.4) is 0 Å². The minimum atomic E-state index is -0.0526. The molecule has 144 valence electrons. The van der Waals surface area contributed by atoms with Gasteiger partial charge in [-0.2, -0.15) is 0 Å². The number of nitrogens with one attached hydrogen (secondary N) is 2. The highest BCUT2D eigenvalue weighted by molar-refractivity contribution is 8.00. The lowest BCUT2D eigenvalue weighted by Crippen LogP contribution is -2.19. The number of thiophene rings is 1. The van der Waals surface area contributed by atoms with Gasteiger partial charge >= 0.3 is 0 Å². The number of amides is 1. The Morgan fingerprint density at radius 1 is 1.33 bits per heavy atom. The third-order valence-electron chi connectivity index (χ3n) is 4.29. The second kappa shape index (κ2) is 8.80. The van der Waals surface area contributed by atoms with Crippen LogP contribution in [0, 0.1) is 6.92 Å². The van der Waals surface area contributed by atoms with Crippen LogP contribution in [0.2, 0.25) is 0 Å². The van der Waals surface area contributed by atoms with Gasteiger partial charge in [-0.25, -0.2) is 0 Å². The van der Waals surface area contributed by atoms with Crippen molar-refractivity contribution in [2.45, 2.75) is 39.0 Å². The van der Waals surface area contributed by atoms with E-state index in [2.05, 4.69) is 30.5 Å². The molecule has 1 unspecified atom stereocenters. The zero-order valence-corrected chi connectivity index (χ0v) is 17.7. The predicted octanol–water partition coefficient (Wildman–Crippen LogP) is 5.23. The molecule has 1 amide bonds. The molecule has 0 spiro atoms. The van der Waals surface area contributed by atoms with E-state index >= 15 is 0 Å². The Morgan fingerprint density at radius 2 is 2.15 bits per heavy atom. The molecule has 0 fully saturated rings. The number of hydrogen-bond donors (Lipinski definition) is 2. The van der Waals surface area contributed by atoms with E-state index in [4.69, 9.17) is 9.73 Å². The fraction of sp³-hybridized carbons (Fsp3) is 0.400. The first kappa shape index (κ1) is 19.8. The summed E-state index contributed by atoms with van der Waals surface area (Å²) in [5.74, 6) is 1.92. The summed E-state index contributed by atoms with van der Waals surface area (Å²) in [5, 5.41) is 7.50. The quantitative estimate of drug-likeness (QED) is 0.664. The number of anilines is 2. The average molecular weight is 404 g/mol. The van der Waals surface area contributed by atoms with Crippen molar-refractivity contribution in [1.82, 2.24) is 0 Å². The first-order valence-corrected chi connectivity index (χ1v) is 10.9. The van der Waals surface area contributed by atoms with Gasteiger partial charge in [-0.05, 0) is 37.1 Å². The second-order valence-electron chi connectivity index (χ2n) is 6.32. The van der Waals surface area contributed by atoms with E-state index in [1.165, 1.54) is 10.4 Å². The average Bonchev–Trinajstić information content (AvgIpc) is 3.09. The largest absolute Gasteiger partial charge is 0.495 e. The van der Waals surface area contributed by atoms with Gasteiger partial charge in [0.05, 0.1) is 18.6 Å². The first-order chi connectivity index (χ1) is 13.0. The lowest BCUT2D eigenvalue weighted by molar-refractivity contribution is -0.113. The summed E-state index contributed by atoms with van der Waals surface area (Å²) in [6, 6.07) is 7.96. The zero-order valence-electron chi connectivity index (χ0n) is 16.1. The van der Waals surface area contributed by atoms with Gasteiger partial charge in [0.1, 0.15) is 22.0 Å². The summed E-state index contributed by atoms with van der Waals surface area (Å²) in [6.45, 7) is 6.23. The highest BCUT2D eigenvalue weighted by Gasteiger charge is 2.24. The van der Waals surface area contributed by atoms with E-state index in [1.807, 2.05) is 25.1 Å². The molecule has 3 rings (SSSR count). The van der Waals surface area contributed by atoms with Gasteiger partial charge in [0.2, 0.25) is 5.91 Å². The molecule has 0 bridgehead atoms. The molecule has 1 aromatic carbocycles. The zero-order chi connectivity index (χ0) is 19.4. The summed E-state index contributed by atoms with van der Waals surface area (Å²) in [6.07, 6.45) is 1.86. The maximum absolute atomic E-state index is 12.5. The van der Waals surface area contributed by atoms with Crippen LogP contribution in [0.25, 0.3) is 0 Å². The third-order valence-corrected chi connectivity index (χ3v) is 6.61. The summed E-state index contributed by atoms with van der Waals surface area (Å²) < 4.78 is 5.34. The van der Waals surface area contributed by atoms with Crippen molar-refractivity contribution >= 4 is 45.5 Å². The fourth-order valence-electron chi connectivity index (χ4n) is 2.86. The van der Waals surface area contributed by atoms with Crippen molar-refractivity contribution in [1.29, 1.82) is 0 Å². The molecule has 2 heterocycles. The Morgan fingerprint density at radius 3 is 2.85 bits per heavy atom. The number of benzene rings is 1. The van der Waals surface area contributed by atoms with Crippen molar-refractivity contribution in [3.63, 3.8) is 0 Å². The number of amidine groups is 1. The Labute approximate surface area is 168 Å². The summed E-state index contributed by atoms with van der Waals surface area (Å²) in [7, 11) is 1.61. The Bertz CT molecular complexity index is 861. The highest BCUT2D eigenvalue weighted by Crippen LogP contribution is 2.43. The van der Waals surface area contributed by atoms with Gasteiger partial charge < -0.3 is 15.4 Å². The SMILES string of the molecule is CCC1=NC(SCC(=O)Nc2cc(C)ccc2OC)c2cc(CC)sc2N1. The molecule has 1 aliphatic heterocycles. The van der Waals surface area contributed by atoms with E-state index in [9.17, 15) is 4.79 Å². The smallest absolute Gasteiger partial charge is 0.234 e. The van der Waals surface area contributed by atoms with Crippen LogP contribution in [0.4, 0.5) is 10.7 Å². The Kier molecular flexibility index (Phi) is 6.44. The predicted molar refractivity (Wildman–Crippen MR) is 117 cm³/mol. The summed E-state index contributed by atoms with van der Waals surface area (Å²) in [5.41, 5.74) is 2.96. The van der Waals surface area contributed by atoms with Crippen LogP contribution in [-0.2, 0) is 11.2 Å². The summed E-state index contributed by atoms with van der Waals surface area (Å²) in [4.78, 5) is 18.6. The molecule has 1 atom stereocenters. The number of ether oxygens (including phenoxy) is 1. The lowest BCUT2D eigenvalue weighted by Gasteiger charge is -2.21. The number of aliphatic imine (C=N–C) groups is 1. The number of fused-ring (bicyclic) bond motifs is 1. The number of nitrogens with zero attached hydrogens (tertiary/aromatic N) is 1. The topological polar surface area (TPSA) is 62.7 Å². The van der Waals surface area contributed by atoms with Gasteiger partial charge in [-0.1, -0.05) is 19.9 Å². The lowest BCUT2D eigenvalue weighted by atomic mass is 10.2. The molecule has 7 heteroatoms. The van der Waals surface area contributed by atoms with E-state index in [1.54, 1.807) is 30.2 Å². The number of rotatable bonds is 7. The molecule has 27 heavy (non-hydrogen) atoms. The normalized spacial score (nSPS) is 15.6. The molecular weight excluding hydrogens is 378 g/mol. The fourth-order valence-corrected chi connectivity index (χ4v) is 4.93. The number of carbonyl (C=O) groups is 1. The minimum Gasteiger partial charge on any atom is -0.495 e. The molecule has 5 nitrogen and oxygen atoms in total. The number of carbonyl (C=O) groups excluding carboxylic acids is 1. The standard InChI is InChI=1S/C20H25N3O2S2/c1-5-13-10-14-19(22-17(6-2)23-20(14)27-13)26-11-18(24)21-15-9-12(3)7-8-16(15)25-4/h7-10,19H,5-6,11H2,1-4H3,(H,21,24)(H,22,23). The molecule has 0 saturated heterocycles. The molecule has 1 aliphatic rings. The van der Waals surface area contributed by atoms with Crippen LogP contribution in [0.1, 0.15) is 41.6 Å². The molecule has 0 saturated carbocycles. The van der Waals surface area contributed by atoms with E-state index in [-0.39, 0.29) is 11.3 Å². The van der Waals surface area contributed by atoms with Gasteiger partial charge in [-0.3, -0.25) is 9.79 Å². The number of hydrogen-bond acceptors (Lipinski definition) is 6. The van der Waals surface area contributed by atoms with Gasteiger partial charge in [0.25, 0.3) is 0 Å². The second-order valence-corrected chi connectivity index (χ2v) is 8.53. The van der Waals surface area contributed by atoms with E-state index in [0.29, 0.717) is 17.2 Å². The minimum absolute atomic E-state index is 0.0436. The van der Waals surface area contributed by atoms with Crippen LogP contribution < -0.4 is 15.4 Å². The molecular formula is C20H25N3O2S2. The number of methoxy groups -OCH3 is 1. The van der Waals surface area contributed by atoms with Gasteiger partial charge in [0.15, 0.2) is 0 Å². The monoisotopic (exact) mass is 403 g/mol.